The van der Waals surface area contributed by atoms with Gasteiger partial charge in [-0.25, -0.2) is 8.42 Å². The van der Waals surface area contributed by atoms with Crippen LogP contribution >= 0.6 is 22.7 Å². The molecule has 2 heterocycles. The number of hydrogen-bond donors (Lipinski definition) is 2. The summed E-state index contributed by atoms with van der Waals surface area (Å²) in [5.41, 5.74) is 3.58. The van der Waals surface area contributed by atoms with Crippen molar-refractivity contribution in [2.45, 2.75) is 31.7 Å². The molecule has 0 unspecified atom stereocenters. The van der Waals surface area contributed by atoms with Gasteiger partial charge in [-0.15, -0.1) is 11.3 Å². The van der Waals surface area contributed by atoms with Crippen LogP contribution in [-0.4, -0.2) is 25.5 Å². The molecular weight excluding hydrogens is 438 g/mol. The Balaban J connectivity index is 1.77. The van der Waals surface area contributed by atoms with Crippen molar-refractivity contribution < 1.29 is 18.3 Å². The van der Waals surface area contributed by atoms with Crippen molar-refractivity contribution in [3.05, 3.63) is 52.7 Å². The second kappa shape index (κ2) is 7.77. The standard InChI is InChI=1S/C22H21NO4S3/c1-12(2)21(22(24)25)23-30(26,27)15-5-6-16-17-8-14(18-11-28-10-13(18)3)4-7-19(17)29-20(16)9-15/h4-12,21,23H,1-3H3,(H,24,25)/t21-/m0/s1. The summed E-state index contributed by atoms with van der Waals surface area (Å²) in [5.74, 6) is -1.56. The zero-order valence-corrected chi connectivity index (χ0v) is 19.1. The second-order valence-electron chi connectivity index (χ2n) is 7.62. The summed E-state index contributed by atoms with van der Waals surface area (Å²) in [7, 11) is -3.95. The zero-order chi connectivity index (χ0) is 21.6. The van der Waals surface area contributed by atoms with E-state index in [-0.39, 0.29) is 10.8 Å². The van der Waals surface area contributed by atoms with E-state index >= 15 is 0 Å². The van der Waals surface area contributed by atoms with Crippen molar-refractivity contribution >= 4 is 58.8 Å². The van der Waals surface area contributed by atoms with Crippen molar-refractivity contribution in [2.24, 2.45) is 5.92 Å². The molecule has 0 aliphatic carbocycles. The topological polar surface area (TPSA) is 83.5 Å². The first-order valence-electron chi connectivity index (χ1n) is 9.42. The summed E-state index contributed by atoms with van der Waals surface area (Å²) in [6, 6.07) is 10.1. The van der Waals surface area contributed by atoms with Crippen LogP contribution in [0, 0.1) is 12.8 Å². The quantitative estimate of drug-likeness (QED) is 0.400. The number of nitrogens with one attached hydrogen (secondary N) is 1. The molecule has 5 nitrogen and oxygen atoms in total. The number of hydrogen-bond acceptors (Lipinski definition) is 5. The van der Waals surface area contributed by atoms with E-state index in [1.807, 2.05) is 0 Å². The molecule has 0 aliphatic rings. The van der Waals surface area contributed by atoms with Gasteiger partial charge in [-0.3, -0.25) is 4.79 Å². The Bertz CT molecular complexity index is 1370. The molecular formula is C22H21NO4S3. The first kappa shape index (κ1) is 21.0. The molecule has 0 amide bonds. The number of aryl methyl sites for hydroxylation is 1. The number of aliphatic carboxylic acids is 1. The lowest BCUT2D eigenvalue weighted by Gasteiger charge is -2.18. The van der Waals surface area contributed by atoms with E-state index < -0.39 is 22.0 Å². The number of rotatable bonds is 6. The first-order valence-corrected chi connectivity index (χ1v) is 12.7. The van der Waals surface area contributed by atoms with Crippen molar-refractivity contribution in [2.75, 3.05) is 0 Å². The number of carboxylic acids is 1. The molecule has 2 aromatic heterocycles. The fraction of sp³-hybridized carbons (Fsp3) is 0.227. The van der Waals surface area contributed by atoms with Crippen LogP contribution in [0.5, 0.6) is 0 Å². The minimum Gasteiger partial charge on any atom is -0.480 e. The number of sulfonamides is 1. The first-order chi connectivity index (χ1) is 14.2. The van der Waals surface area contributed by atoms with Crippen LogP contribution < -0.4 is 4.72 Å². The normalized spacial score (nSPS) is 13.3. The van der Waals surface area contributed by atoms with Crippen molar-refractivity contribution in [3.63, 3.8) is 0 Å². The van der Waals surface area contributed by atoms with Crippen LogP contribution in [0.3, 0.4) is 0 Å². The van der Waals surface area contributed by atoms with Gasteiger partial charge in [0.2, 0.25) is 10.0 Å². The van der Waals surface area contributed by atoms with E-state index in [4.69, 9.17) is 0 Å². The maximum Gasteiger partial charge on any atom is 0.322 e. The largest absolute Gasteiger partial charge is 0.480 e. The molecule has 1 atom stereocenters. The van der Waals surface area contributed by atoms with Crippen LogP contribution in [-0.2, 0) is 14.8 Å². The van der Waals surface area contributed by atoms with E-state index in [0.717, 1.165) is 25.7 Å². The van der Waals surface area contributed by atoms with Gasteiger partial charge >= 0.3 is 5.97 Å². The highest BCUT2D eigenvalue weighted by atomic mass is 32.2. The molecule has 2 aromatic carbocycles. The fourth-order valence-electron chi connectivity index (χ4n) is 3.46. The Kier molecular flexibility index (Phi) is 5.44. The van der Waals surface area contributed by atoms with Crippen molar-refractivity contribution in [1.82, 2.24) is 4.72 Å². The number of carboxylic acid groups (broad SMARTS) is 1. The Morgan fingerprint density at radius 1 is 1.03 bits per heavy atom. The highest BCUT2D eigenvalue weighted by Gasteiger charge is 2.28. The van der Waals surface area contributed by atoms with Crippen LogP contribution in [0.25, 0.3) is 31.3 Å². The fourth-order valence-corrected chi connectivity index (χ4v) is 6.88. The number of carbonyl (C=O) groups is 1. The van der Waals surface area contributed by atoms with Gasteiger partial charge in [0.1, 0.15) is 6.04 Å². The van der Waals surface area contributed by atoms with Crippen LogP contribution in [0.4, 0.5) is 0 Å². The lowest BCUT2D eigenvalue weighted by atomic mass is 10.0. The molecule has 30 heavy (non-hydrogen) atoms. The molecule has 0 aliphatic heterocycles. The van der Waals surface area contributed by atoms with Gasteiger partial charge in [0.25, 0.3) is 0 Å². The molecule has 0 radical (unpaired) electrons. The zero-order valence-electron chi connectivity index (χ0n) is 16.7. The maximum absolute atomic E-state index is 12.8. The van der Waals surface area contributed by atoms with E-state index in [0.29, 0.717) is 0 Å². The van der Waals surface area contributed by atoms with E-state index in [9.17, 15) is 18.3 Å². The maximum atomic E-state index is 12.8. The lowest BCUT2D eigenvalue weighted by molar-refractivity contribution is -0.140. The van der Waals surface area contributed by atoms with Crippen LogP contribution in [0.1, 0.15) is 19.4 Å². The number of fused-ring (bicyclic) bond motifs is 3. The summed E-state index contributed by atoms with van der Waals surface area (Å²) in [5, 5.41) is 15.6. The van der Waals surface area contributed by atoms with Crippen LogP contribution in [0.15, 0.2) is 52.1 Å². The van der Waals surface area contributed by atoms with Crippen molar-refractivity contribution in [3.8, 4) is 11.1 Å². The third-order valence-corrected chi connectivity index (χ3v) is 8.57. The minimum atomic E-state index is -3.95. The summed E-state index contributed by atoms with van der Waals surface area (Å²) in [6.07, 6.45) is 0. The monoisotopic (exact) mass is 459 g/mol. The van der Waals surface area contributed by atoms with E-state index in [1.165, 1.54) is 22.5 Å². The second-order valence-corrected chi connectivity index (χ2v) is 11.2. The molecule has 0 saturated carbocycles. The Hall–Kier alpha value is -2.26. The third kappa shape index (κ3) is 3.76. The van der Waals surface area contributed by atoms with Gasteiger partial charge in [-0.05, 0) is 64.6 Å². The molecule has 4 aromatic rings. The van der Waals surface area contributed by atoms with Crippen molar-refractivity contribution in [1.29, 1.82) is 0 Å². The smallest absolute Gasteiger partial charge is 0.322 e. The molecule has 0 spiro atoms. The van der Waals surface area contributed by atoms with Gasteiger partial charge in [-0.2, -0.15) is 16.1 Å². The highest BCUT2D eigenvalue weighted by Crippen LogP contribution is 2.38. The average molecular weight is 460 g/mol. The molecule has 4 rings (SSSR count). The molecule has 0 bridgehead atoms. The average Bonchev–Trinajstić information content (AvgIpc) is 3.27. The predicted molar refractivity (Wildman–Crippen MR) is 124 cm³/mol. The summed E-state index contributed by atoms with van der Waals surface area (Å²) >= 11 is 3.20. The van der Waals surface area contributed by atoms with Gasteiger partial charge in [0.05, 0.1) is 4.90 Å². The number of thiophene rings is 2. The highest BCUT2D eigenvalue weighted by molar-refractivity contribution is 7.89. The summed E-state index contributed by atoms with van der Waals surface area (Å²) < 4.78 is 29.8. The summed E-state index contributed by atoms with van der Waals surface area (Å²) in [4.78, 5) is 11.5. The van der Waals surface area contributed by atoms with Crippen LogP contribution in [0.2, 0.25) is 0 Å². The molecule has 0 saturated heterocycles. The van der Waals surface area contributed by atoms with Gasteiger partial charge in [-0.1, -0.05) is 26.0 Å². The van der Waals surface area contributed by atoms with E-state index in [1.54, 1.807) is 43.4 Å². The van der Waals surface area contributed by atoms with E-state index in [2.05, 4.69) is 40.6 Å². The molecule has 8 heteroatoms. The SMILES string of the molecule is Cc1cscc1-c1ccc2sc3cc(S(=O)(=O)N[C@H](C(=O)O)C(C)C)ccc3c2c1. The minimum absolute atomic E-state index is 0.0716. The molecule has 0 fully saturated rings. The Labute approximate surface area is 183 Å². The van der Waals surface area contributed by atoms with Gasteiger partial charge in [0, 0.05) is 20.2 Å². The van der Waals surface area contributed by atoms with Gasteiger partial charge in [0.15, 0.2) is 0 Å². The summed E-state index contributed by atoms with van der Waals surface area (Å²) in [6.45, 7) is 5.43. The molecule has 2 N–H and O–H groups in total. The lowest BCUT2D eigenvalue weighted by Crippen LogP contribution is -2.44. The third-order valence-electron chi connectivity index (χ3n) is 5.13. The Morgan fingerprint density at radius 3 is 2.43 bits per heavy atom. The Morgan fingerprint density at radius 2 is 1.80 bits per heavy atom. The van der Waals surface area contributed by atoms with Gasteiger partial charge < -0.3 is 5.11 Å². The number of benzene rings is 2. The predicted octanol–water partition coefficient (Wildman–Crippen LogP) is 5.48. The molecule has 156 valence electrons.